The molecule has 0 atom stereocenters. The molecule has 0 unspecified atom stereocenters. The molecule has 1 aromatic carbocycles. The number of pyridine rings is 1. The summed E-state index contributed by atoms with van der Waals surface area (Å²) < 4.78 is 5.29. The third-order valence-corrected chi connectivity index (χ3v) is 4.71. The van der Waals surface area contributed by atoms with Crippen molar-refractivity contribution in [3.05, 3.63) is 30.5 Å². The van der Waals surface area contributed by atoms with Crippen molar-refractivity contribution in [2.24, 2.45) is 5.41 Å². The summed E-state index contributed by atoms with van der Waals surface area (Å²) in [6, 6.07) is 8.18. The first-order valence-electron chi connectivity index (χ1n) is 7.87. The molecule has 0 saturated heterocycles. The lowest BCUT2D eigenvalue weighted by Crippen LogP contribution is -2.29. The fourth-order valence-electron chi connectivity index (χ4n) is 3.30. The molecule has 3 rings (SSSR count). The van der Waals surface area contributed by atoms with Gasteiger partial charge in [-0.2, -0.15) is 0 Å². The second-order valence-electron chi connectivity index (χ2n) is 6.47. The van der Waals surface area contributed by atoms with Gasteiger partial charge in [-0.3, -0.25) is 0 Å². The number of aromatic nitrogens is 1. The molecule has 1 aromatic heterocycles. The number of hydrogen-bond acceptors (Lipinski definition) is 3. The van der Waals surface area contributed by atoms with Crippen LogP contribution < -0.4 is 10.1 Å². The molecular weight excluding hydrogens is 260 g/mol. The Hall–Kier alpha value is -1.77. The van der Waals surface area contributed by atoms with Crippen LogP contribution in [0, 0.1) is 5.41 Å². The highest BCUT2D eigenvalue weighted by Gasteiger charge is 2.26. The van der Waals surface area contributed by atoms with Gasteiger partial charge in [-0.15, -0.1) is 0 Å². The van der Waals surface area contributed by atoms with E-state index in [-0.39, 0.29) is 0 Å². The molecule has 3 heteroatoms. The van der Waals surface area contributed by atoms with E-state index in [4.69, 9.17) is 4.74 Å². The van der Waals surface area contributed by atoms with Crippen LogP contribution in [0.4, 0.5) is 5.82 Å². The molecule has 0 radical (unpaired) electrons. The minimum absolute atomic E-state index is 0.411. The highest BCUT2D eigenvalue weighted by molar-refractivity contribution is 5.92. The number of ether oxygens (including phenoxy) is 1. The van der Waals surface area contributed by atoms with Gasteiger partial charge in [0.25, 0.3) is 0 Å². The van der Waals surface area contributed by atoms with Crippen LogP contribution in [0.15, 0.2) is 30.5 Å². The van der Waals surface area contributed by atoms with E-state index in [2.05, 4.69) is 29.4 Å². The predicted octanol–water partition coefficient (Wildman–Crippen LogP) is 4.63. The molecule has 1 heterocycles. The van der Waals surface area contributed by atoms with Crippen molar-refractivity contribution in [3.63, 3.8) is 0 Å². The van der Waals surface area contributed by atoms with Gasteiger partial charge in [0.05, 0.1) is 7.11 Å². The van der Waals surface area contributed by atoms with E-state index in [1.807, 2.05) is 18.3 Å². The molecule has 1 aliphatic rings. The number of hydrogen-bond donors (Lipinski definition) is 1. The zero-order chi connectivity index (χ0) is 14.7. The summed E-state index contributed by atoms with van der Waals surface area (Å²) >= 11 is 0. The Morgan fingerprint density at radius 1 is 1.19 bits per heavy atom. The van der Waals surface area contributed by atoms with Gasteiger partial charge in [0.15, 0.2) is 0 Å². The summed E-state index contributed by atoms with van der Waals surface area (Å²) in [5, 5.41) is 5.92. The minimum Gasteiger partial charge on any atom is -0.497 e. The zero-order valence-corrected chi connectivity index (χ0v) is 13.0. The Morgan fingerprint density at radius 3 is 2.76 bits per heavy atom. The smallest absolute Gasteiger partial charge is 0.133 e. The lowest BCUT2D eigenvalue weighted by molar-refractivity contribution is 0.233. The molecule has 1 saturated carbocycles. The molecule has 2 aromatic rings. The molecular formula is C18H24N2O. The third kappa shape index (κ3) is 3.12. The molecule has 3 nitrogen and oxygen atoms in total. The molecule has 1 N–H and O–H groups in total. The quantitative estimate of drug-likeness (QED) is 0.889. The van der Waals surface area contributed by atoms with Crippen molar-refractivity contribution in [2.75, 3.05) is 19.0 Å². The lowest BCUT2D eigenvalue weighted by atomic mass is 9.76. The third-order valence-electron chi connectivity index (χ3n) is 4.71. The average Bonchev–Trinajstić information content (AvgIpc) is 2.53. The molecule has 0 aliphatic heterocycles. The van der Waals surface area contributed by atoms with Gasteiger partial charge < -0.3 is 10.1 Å². The first kappa shape index (κ1) is 14.2. The SMILES string of the molecule is COc1ccc2c(NCC3(C)CCCCC3)nccc2c1. The van der Waals surface area contributed by atoms with E-state index >= 15 is 0 Å². The topological polar surface area (TPSA) is 34.1 Å². The van der Waals surface area contributed by atoms with Gasteiger partial charge in [0, 0.05) is 18.1 Å². The number of fused-ring (bicyclic) bond motifs is 1. The highest BCUT2D eigenvalue weighted by Crippen LogP contribution is 2.36. The van der Waals surface area contributed by atoms with Crippen LogP contribution in [0.5, 0.6) is 5.75 Å². The zero-order valence-electron chi connectivity index (χ0n) is 13.0. The summed E-state index contributed by atoms with van der Waals surface area (Å²) in [5.74, 6) is 1.88. The Balaban J connectivity index is 1.80. The minimum atomic E-state index is 0.411. The number of nitrogens with one attached hydrogen (secondary N) is 1. The average molecular weight is 284 g/mol. The molecule has 21 heavy (non-hydrogen) atoms. The molecule has 1 fully saturated rings. The van der Waals surface area contributed by atoms with Crippen LogP contribution in [0.3, 0.4) is 0 Å². The number of rotatable bonds is 4. The second kappa shape index (κ2) is 5.92. The van der Waals surface area contributed by atoms with Gasteiger partial charge in [-0.1, -0.05) is 26.2 Å². The largest absolute Gasteiger partial charge is 0.497 e. The van der Waals surface area contributed by atoms with Gasteiger partial charge in [-0.05, 0) is 47.9 Å². The highest BCUT2D eigenvalue weighted by atomic mass is 16.5. The second-order valence-corrected chi connectivity index (χ2v) is 6.47. The number of benzene rings is 1. The maximum Gasteiger partial charge on any atom is 0.133 e. The van der Waals surface area contributed by atoms with E-state index in [0.29, 0.717) is 5.41 Å². The van der Waals surface area contributed by atoms with Gasteiger partial charge >= 0.3 is 0 Å². The van der Waals surface area contributed by atoms with Gasteiger partial charge in [0.2, 0.25) is 0 Å². The Kier molecular flexibility index (Phi) is 4.00. The molecule has 0 spiro atoms. The Bertz CT molecular complexity index is 618. The fourth-order valence-corrected chi connectivity index (χ4v) is 3.30. The normalized spacial score (nSPS) is 17.6. The first-order chi connectivity index (χ1) is 10.2. The predicted molar refractivity (Wildman–Crippen MR) is 88.0 cm³/mol. The van der Waals surface area contributed by atoms with Crippen molar-refractivity contribution in [2.45, 2.75) is 39.0 Å². The number of anilines is 1. The Morgan fingerprint density at radius 2 is 2.00 bits per heavy atom. The summed E-state index contributed by atoms with van der Waals surface area (Å²) in [6.45, 7) is 3.40. The lowest BCUT2D eigenvalue weighted by Gasteiger charge is -2.34. The van der Waals surface area contributed by atoms with Crippen molar-refractivity contribution in [1.29, 1.82) is 0 Å². The summed E-state index contributed by atoms with van der Waals surface area (Å²) in [4.78, 5) is 4.53. The standard InChI is InChI=1S/C18H24N2O/c1-18(9-4-3-5-10-18)13-20-17-16-7-6-15(21-2)12-14(16)8-11-19-17/h6-8,11-12H,3-5,9-10,13H2,1-2H3,(H,19,20). The Labute approximate surface area is 126 Å². The summed E-state index contributed by atoms with van der Waals surface area (Å²) in [6.07, 6.45) is 8.61. The van der Waals surface area contributed by atoms with Crippen molar-refractivity contribution >= 4 is 16.6 Å². The first-order valence-corrected chi connectivity index (χ1v) is 7.87. The van der Waals surface area contributed by atoms with E-state index in [9.17, 15) is 0 Å². The molecule has 112 valence electrons. The van der Waals surface area contributed by atoms with Crippen LogP contribution in [0.25, 0.3) is 10.8 Å². The van der Waals surface area contributed by atoms with Gasteiger partial charge in [-0.25, -0.2) is 4.98 Å². The summed E-state index contributed by atoms with van der Waals surface area (Å²) in [5.41, 5.74) is 0.411. The van der Waals surface area contributed by atoms with Crippen LogP contribution in [-0.4, -0.2) is 18.6 Å². The van der Waals surface area contributed by atoms with Crippen molar-refractivity contribution in [3.8, 4) is 5.75 Å². The van der Waals surface area contributed by atoms with Crippen molar-refractivity contribution in [1.82, 2.24) is 4.98 Å². The number of nitrogens with zero attached hydrogens (tertiary/aromatic N) is 1. The molecule has 1 aliphatic carbocycles. The number of methoxy groups -OCH3 is 1. The molecule has 0 bridgehead atoms. The maximum absolute atomic E-state index is 5.29. The monoisotopic (exact) mass is 284 g/mol. The van der Waals surface area contributed by atoms with Crippen LogP contribution in [0.2, 0.25) is 0 Å². The van der Waals surface area contributed by atoms with Gasteiger partial charge in [0.1, 0.15) is 11.6 Å². The van der Waals surface area contributed by atoms with Crippen LogP contribution >= 0.6 is 0 Å². The van der Waals surface area contributed by atoms with E-state index in [1.165, 1.54) is 37.5 Å². The van der Waals surface area contributed by atoms with E-state index in [1.54, 1.807) is 7.11 Å². The fraction of sp³-hybridized carbons (Fsp3) is 0.500. The van der Waals surface area contributed by atoms with Crippen LogP contribution in [0.1, 0.15) is 39.0 Å². The molecule has 0 amide bonds. The van der Waals surface area contributed by atoms with Crippen LogP contribution in [-0.2, 0) is 0 Å². The van der Waals surface area contributed by atoms with E-state index < -0.39 is 0 Å². The maximum atomic E-state index is 5.29. The van der Waals surface area contributed by atoms with Crippen molar-refractivity contribution < 1.29 is 4.74 Å². The summed E-state index contributed by atoms with van der Waals surface area (Å²) in [7, 11) is 1.70. The van der Waals surface area contributed by atoms with E-state index in [0.717, 1.165) is 23.5 Å².